The molecule has 5 rings (SSSR count). The zero-order chi connectivity index (χ0) is 29.1. The van der Waals surface area contributed by atoms with E-state index in [1.165, 1.54) is 6.07 Å². The van der Waals surface area contributed by atoms with E-state index in [-0.39, 0.29) is 17.6 Å². The summed E-state index contributed by atoms with van der Waals surface area (Å²) in [5, 5.41) is 18.7. The topological polar surface area (TPSA) is 143 Å². The number of rotatable bonds is 7. The molecule has 0 fully saturated rings. The van der Waals surface area contributed by atoms with Gasteiger partial charge in [-0.3, -0.25) is 0 Å². The zero-order valence-corrected chi connectivity index (χ0v) is 24.3. The maximum absolute atomic E-state index is 14.2. The quantitative estimate of drug-likeness (QED) is 0.0691. The molecule has 1 aromatic heterocycles. The summed E-state index contributed by atoms with van der Waals surface area (Å²) in [7, 11) is 0. The fourth-order valence-corrected chi connectivity index (χ4v) is 4.84. The third-order valence-corrected chi connectivity index (χ3v) is 6.80. The Bertz CT molecular complexity index is 1820. The molecule has 0 spiro atoms. The maximum Gasteiger partial charge on any atom is 0.316 e. The number of fused-ring (bicyclic) bond motifs is 1. The van der Waals surface area contributed by atoms with Crippen molar-refractivity contribution in [1.82, 2.24) is 15.0 Å². The van der Waals surface area contributed by atoms with Crippen molar-refractivity contribution < 1.29 is 9.18 Å². The summed E-state index contributed by atoms with van der Waals surface area (Å²) in [6, 6.07) is 18.3. The Labute approximate surface area is 255 Å². The van der Waals surface area contributed by atoms with Crippen molar-refractivity contribution in [3.8, 4) is 0 Å². The summed E-state index contributed by atoms with van der Waals surface area (Å²) in [6.45, 7) is 0. The van der Waals surface area contributed by atoms with Gasteiger partial charge >= 0.3 is 12.1 Å². The first-order valence-electron chi connectivity index (χ1n) is 11.7. The molecule has 0 saturated carbocycles. The molecule has 41 heavy (non-hydrogen) atoms. The van der Waals surface area contributed by atoms with Gasteiger partial charge in [0.15, 0.2) is 0 Å². The number of urea groups is 1. The molecular weight excluding hydrogens is 602 g/mol. The van der Waals surface area contributed by atoms with Gasteiger partial charge in [-0.1, -0.05) is 0 Å². The van der Waals surface area contributed by atoms with E-state index in [1.54, 1.807) is 36.4 Å². The lowest BCUT2D eigenvalue weighted by Gasteiger charge is -2.11. The fourth-order valence-electron chi connectivity index (χ4n) is 3.74. The predicted octanol–water partition coefficient (Wildman–Crippen LogP) is 7.71. The molecule has 1 heterocycles. The summed E-state index contributed by atoms with van der Waals surface area (Å²) in [5.74, 6) is -0.0891. The van der Waals surface area contributed by atoms with Crippen LogP contribution in [0.3, 0.4) is 0 Å². The average Bonchev–Trinajstić information content (AvgIpc) is 2.89. The number of azo groups is 1. The van der Waals surface area contributed by atoms with Crippen molar-refractivity contribution in [1.29, 1.82) is 0 Å². The van der Waals surface area contributed by atoms with Gasteiger partial charge in [-0.15, -0.1) is 60.7 Å². The minimum absolute atomic E-state index is 0.0132. The van der Waals surface area contributed by atoms with Crippen molar-refractivity contribution in [2.45, 2.75) is 19.6 Å². The number of hydrogen-bond acceptors (Lipinski definition) is 12. The number of primary amides is 1. The summed E-state index contributed by atoms with van der Waals surface area (Å²) in [5.41, 5.74) is 7.44. The number of amides is 2. The van der Waals surface area contributed by atoms with E-state index in [4.69, 9.17) is 5.73 Å². The van der Waals surface area contributed by atoms with Gasteiger partial charge in [0.2, 0.25) is 11.9 Å². The van der Waals surface area contributed by atoms with Gasteiger partial charge < -0.3 is 21.7 Å². The van der Waals surface area contributed by atoms with Gasteiger partial charge in [-0.2, -0.15) is 19.3 Å². The van der Waals surface area contributed by atoms with Gasteiger partial charge in [0.25, 0.3) is 0 Å². The molecule has 0 aliphatic rings. The first kappa shape index (κ1) is 28.5. The first-order valence-corrected chi connectivity index (χ1v) is 13.5. The van der Waals surface area contributed by atoms with Crippen LogP contribution in [0.15, 0.2) is 96.5 Å². The molecule has 0 aliphatic heterocycles. The number of nitrogens with two attached hydrogens (primary N) is 1. The number of thiol groups is 4. The van der Waals surface area contributed by atoms with Crippen LogP contribution in [-0.2, 0) is 0 Å². The third kappa shape index (κ3) is 7.18. The number of nitrogens with zero attached hydrogens (tertiary/aromatic N) is 5. The van der Waals surface area contributed by atoms with E-state index in [1.807, 2.05) is 24.3 Å². The highest BCUT2D eigenvalue weighted by Crippen LogP contribution is 2.36. The molecule has 0 saturated heterocycles. The number of aromatic nitrogens is 3. The molecule has 10 nitrogen and oxygen atoms in total. The fraction of sp³-hybridized carbons (Fsp3) is 0. The number of benzene rings is 4. The molecule has 0 unspecified atom stereocenters. The van der Waals surface area contributed by atoms with Crippen molar-refractivity contribution in [3.05, 3.63) is 72.8 Å². The van der Waals surface area contributed by atoms with Gasteiger partial charge in [0, 0.05) is 31.0 Å². The van der Waals surface area contributed by atoms with Crippen LogP contribution >= 0.6 is 50.5 Å². The lowest BCUT2D eigenvalue weighted by Crippen LogP contribution is -2.19. The highest BCUT2D eigenvalue weighted by atomic mass is 32.1. The Morgan fingerprint density at radius 1 is 0.732 bits per heavy atom. The Balaban J connectivity index is 1.41. The molecule has 0 aliphatic carbocycles. The smallest absolute Gasteiger partial charge is 0.316 e. The van der Waals surface area contributed by atoms with E-state index >= 15 is 0 Å². The minimum Gasteiger partial charge on any atom is -0.351 e. The predicted molar refractivity (Wildman–Crippen MR) is 170 cm³/mol. The molecule has 206 valence electrons. The summed E-state index contributed by atoms with van der Waals surface area (Å²) in [6.07, 6.45) is -0.996. The SMILES string of the molecule is NC(=O)Nc1cc(Nc2nc(F)nc(Nc3ccc(S)cc3)n2)ccc1N=Nc1cc2c(S)cc(S)cc2cc1S. The molecule has 4 aromatic carbocycles. The Morgan fingerprint density at radius 3 is 2.10 bits per heavy atom. The van der Waals surface area contributed by atoms with Crippen LogP contribution in [0.5, 0.6) is 0 Å². The van der Waals surface area contributed by atoms with Crippen LogP contribution in [0.2, 0.25) is 0 Å². The van der Waals surface area contributed by atoms with E-state index in [2.05, 4.69) is 91.6 Å². The largest absolute Gasteiger partial charge is 0.351 e. The van der Waals surface area contributed by atoms with Crippen molar-refractivity contribution in [2.24, 2.45) is 16.0 Å². The van der Waals surface area contributed by atoms with Crippen LogP contribution in [0.1, 0.15) is 0 Å². The molecule has 5 aromatic rings. The summed E-state index contributed by atoms with van der Waals surface area (Å²) >= 11 is 17.7. The molecule has 15 heteroatoms. The molecule has 0 atom stereocenters. The zero-order valence-electron chi connectivity index (χ0n) is 20.7. The van der Waals surface area contributed by atoms with E-state index in [9.17, 15) is 9.18 Å². The van der Waals surface area contributed by atoms with E-state index in [0.29, 0.717) is 27.6 Å². The number of halogens is 1. The van der Waals surface area contributed by atoms with Crippen LogP contribution in [0.4, 0.5) is 49.5 Å². The van der Waals surface area contributed by atoms with Gasteiger partial charge in [-0.25, -0.2) is 4.79 Å². The normalized spacial score (nSPS) is 11.1. The summed E-state index contributed by atoms with van der Waals surface area (Å²) in [4.78, 5) is 26.1. The first-order chi connectivity index (χ1) is 19.6. The lowest BCUT2D eigenvalue weighted by atomic mass is 10.1. The standard InChI is InChI=1S/C26H20FN9OS4/c27-23-32-25(29-13-1-4-15(38)5-2-13)34-26(33-23)30-14-3-6-18(19(9-14)31-24(28)37)35-36-20-11-17-12(8-22(20)41)7-16(39)10-21(17)40/h1-11,38-41H,(H3,28,31,37)(H2,29,30,32,33,34). The number of nitrogens with one attached hydrogen (secondary N) is 3. The van der Waals surface area contributed by atoms with Crippen LogP contribution in [-0.4, -0.2) is 21.0 Å². The van der Waals surface area contributed by atoms with Crippen molar-refractivity contribution in [2.75, 3.05) is 16.0 Å². The Morgan fingerprint density at radius 2 is 1.39 bits per heavy atom. The summed E-state index contributed by atoms with van der Waals surface area (Å²) < 4.78 is 14.2. The van der Waals surface area contributed by atoms with E-state index < -0.39 is 12.1 Å². The Kier molecular flexibility index (Phi) is 8.49. The number of carbonyl (C=O) groups excluding carboxylic acids is 1. The molecule has 0 radical (unpaired) electrons. The van der Waals surface area contributed by atoms with E-state index in [0.717, 1.165) is 25.5 Å². The third-order valence-electron chi connectivity index (χ3n) is 5.52. The second kappa shape index (κ2) is 12.2. The van der Waals surface area contributed by atoms with Crippen LogP contribution < -0.4 is 21.7 Å². The Hall–Kier alpha value is -4.05. The lowest BCUT2D eigenvalue weighted by molar-refractivity contribution is 0.259. The second-order valence-electron chi connectivity index (χ2n) is 8.50. The van der Waals surface area contributed by atoms with Crippen LogP contribution in [0.25, 0.3) is 10.8 Å². The van der Waals surface area contributed by atoms with Gasteiger partial charge in [0.1, 0.15) is 5.69 Å². The highest BCUT2D eigenvalue weighted by molar-refractivity contribution is 7.81. The maximum atomic E-state index is 14.2. The molecular formula is C26H20FN9OS4. The van der Waals surface area contributed by atoms with Crippen LogP contribution in [0, 0.1) is 6.08 Å². The second-order valence-corrected chi connectivity index (χ2v) is 10.5. The molecule has 0 bridgehead atoms. The average molecular weight is 622 g/mol. The van der Waals surface area contributed by atoms with Gasteiger partial charge in [-0.05, 0) is 77.5 Å². The minimum atomic E-state index is -0.996. The van der Waals surface area contributed by atoms with Crippen molar-refractivity contribution >= 4 is 108 Å². The van der Waals surface area contributed by atoms with Crippen molar-refractivity contribution in [3.63, 3.8) is 0 Å². The number of carbonyl (C=O) groups is 1. The number of anilines is 5. The van der Waals surface area contributed by atoms with Gasteiger partial charge in [0.05, 0.1) is 11.4 Å². The molecule has 2 amide bonds. The molecule has 5 N–H and O–H groups in total. The number of hydrogen-bond donors (Lipinski definition) is 8. The highest BCUT2D eigenvalue weighted by Gasteiger charge is 2.11. The monoisotopic (exact) mass is 621 g/mol.